The van der Waals surface area contributed by atoms with E-state index >= 15 is 0 Å². The van der Waals surface area contributed by atoms with Crippen LogP contribution in [0.3, 0.4) is 0 Å². The Labute approximate surface area is 171 Å². The molecule has 0 spiro atoms. The van der Waals surface area contributed by atoms with Gasteiger partial charge in [-0.2, -0.15) is 0 Å². The number of methoxy groups -OCH3 is 3. The quantitative estimate of drug-likeness (QED) is 0.774. The number of fused-ring (bicyclic) bond motifs is 3. The van der Waals surface area contributed by atoms with Crippen molar-refractivity contribution in [2.45, 2.75) is 25.8 Å². The molecule has 7 heteroatoms. The first-order chi connectivity index (χ1) is 13.4. The number of aryl methyl sites for hydroxylation is 1. The minimum absolute atomic E-state index is 0.151. The molecule has 148 valence electrons. The Bertz CT molecular complexity index is 989. The number of nitrogens with one attached hydrogen (secondary N) is 1. The molecule has 1 aliphatic rings. The van der Waals surface area contributed by atoms with Gasteiger partial charge in [0.05, 0.1) is 31.8 Å². The molecule has 0 aromatic heterocycles. The summed E-state index contributed by atoms with van der Waals surface area (Å²) in [4.78, 5) is 24.3. The number of amides is 1. The third-order valence-corrected chi connectivity index (χ3v) is 5.52. The van der Waals surface area contributed by atoms with Crippen molar-refractivity contribution in [1.82, 2.24) is 5.32 Å². The van der Waals surface area contributed by atoms with Crippen molar-refractivity contribution in [2.75, 3.05) is 21.3 Å². The molecule has 0 radical (unpaired) electrons. The van der Waals surface area contributed by atoms with E-state index in [1.165, 1.54) is 6.92 Å². The van der Waals surface area contributed by atoms with E-state index in [0.29, 0.717) is 34.6 Å². The van der Waals surface area contributed by atoms with Crippen LogP contribution in [0.5, 0.6) is 17.2 Å². The van der Waals surface area contributed by atoms with E-state index in [2.05, 4.69) is 21.2 Å². The highest BCUT2D eigenvalue weighted by atomic mass is 79.9. The molecule has 0 saturated heterocycles. The first kappa shape index (κ1) is 20.2. The summed E-state index contributed by atoms with van der Waals surface area (Å²) in [5.74, 6) is 1.45. The number of hydrogen-bond donors (Lipinski definition) is 1. The maximum absolute atomic E-state index is 12.5. The van der Waals surface area contributed by atoms with E-state index in [1.807, 2.05) is 12.1 Å². The van der Waals surface area contributed by atoms with Crippen molar-refractivity contribution in [2.24, 2.45) is 0 Å². The molecule has 0 unspecified atom stereocenters. The molecule has 1 N–H and O–H groups in total. The average Bonchev–Trinajstić information content (AvgIpc) is 2.90. The Morgan fingerprint density at radius 3 is 2.43 bits per heavy atom. The lowest BCUT2D eigenvalue weighted by Gasteiger charge is -2.19. The zero-order chi connectivity index (χ0) is 20.4. The van der Waals surface area contributed by atoms with E-state index in [0.717, 1.165) is 22.3 Å². The van der Waals surface area contributed by atoms with Crippen LogP contribution in [-0.4, -0.2) is 27.2 Å². The number of carbonyl (C=O) groups is 1. The molecule has 0 fully saturated rings. The van der Waals surface area contributed by atoms with Gasteiger partial charge in [0, 0.05) is 12.5 Å². The Kier molecular flexibility index (Phi) is 5.93. The SMILES string of the molecule is COc1cc2c(c(OC)c1OC)-c1ccc(Br)c(=O)cc1[C@@H](NC(C)=O)CC2. The lowest BCUT2D eigenvalue weighted by molar-refractivity contribution is -0.119. The Balaban J connectivity index is 2.41. The molecule has 0 bridgehead atoms. The van der Waals surface area contributed by atoms with Gasteiger partial charge in [-0.15, -0.1) is 0 Å². The second-order valence-corrected chi connectivity index (χ2v) is 7.38. The van der Waals surface area contributed by atoms with Crippen LogP contribution < -0.4 is 25.0 Å². The first-order valence-corrected chi connectivity index (χ1v) is 9.63. The standard InChI is InChI=1S/C21H22BrNO5/c1-11(24)23-16-8-5-12-9-18(26-2)20(27-3)21(28-4)19(12)13-6-7-15(22)17(25)10-14(13)16/h6-7,9-10,16H,5,8H2,1-4H3,(H,23,24)/t16-/m0/s1. The molecule has 6 nitrogen and oxygen atoms in total. The zero-order valence-corrected chi connectivity index (χ0v) is 17.8. The summed E-state index contributed by atoms with van der Waals surface area (Å²) in [6.07, 6.45) is 1.31. The fourth-order valence-electron chi connectivity index (χ4n) is 3.69. The summed E-state index contributed by atoms with van der Waals surface area (Å²) in [5, 5.41) is 2.97. The van der Waals surface area contributed by atoms with E-state index in [-0.39, 0.29) is 17.4 Å². The van der Waals surface area contributed by atoms with Gasteiger partial charge in [0.1, 0.15) is 0 Å². The highest BCUT2D eigenvalue weighted by molar-refractivity contribution is 9.10. The number of hydrogen-bond acceptors (Lipinski definition) is 5. The minimum Gasteiger partial charge on any atom is -0.493 e. The zero-order valence-electron chi connectivity index (χ0n) is 16.2. The Morgan fingerprint density at radius 2 is 1.82 bits per heavy atom. The third-order valence-electron chi connectivity index (χ3n) is 4.87. The van der Waals surface area contributed by atoms with Crippen LogP contribution in [0.25, 0.3) is 11.1 Å². The Morgan fingerprint density at radius 1 is 1.11 bits per heavy atom. The summed E-state index contributed by atoms with van der Waals surface area (Å²) in [6.45, 7) is 1.47. The molecular weight excluding hydrogens is 426 g/mol. The largest absolute Gasteiger partial charge is 0.493 e. The van der Waals surface area contributed by atoms with Gasteiger partial charge in [0.15, 0.2) is 16.9 Å². The van der Waals surface area contributed by atoms with Crippen molar-refractivity contribution in [3.8, 4) is 28.4 Å². The van der Waals surface area contributed by atoms with Gasteiger partial charge in [-0.1, -0.05) is 6.07 Å². The highest BCUT2D eigenvalue weighted by Crippen LogP contribution is 2.50. The summed E-state index contributed by atoms with van der Waals surface area (Å²) in [5.41, 5.74) is 3.24. The molecule has 0 heterocycles. The second kappa shape index (κ2) is 8.22. The number of carbonyl (C=O) groups excluding carboxylic acids is 1. The third kappa shape index (κ3) is 3.58. The van der Waals surface area contributed by atoms with Gasteiger partial charge in [0.2, 0.25) is 11.7 Å². The minimum atomic E-state index is -0.298. The van der Waals surface area contributed by atoms with Gasteiger partial charge in [-0.05, 0) is 63.7 Å². The lowest BCUT2D eigenvalue weighted by Crippen LogP contribution is -2.26. The highest BCUT2D eigenvalue weighted by Gasteiger charge is 2.29. The molecule has 0 saturated carbocycles. The molecular formula is C21H22BrNO5. The molecule has 1 amide bonds. The van der Waals surface area contributed by atoms with Crippen molar-refractivity contribution in [1.29, 1.82) is 0 Å². The fourth-order valence-corrected chi connectivity index (χ4v) is 3.94. The van der Waals surface area contributed by atoms with Crippen LogP contribution in [-0.2, 0) is 11.2 Å². The molecule has 2 aromatic rings. The van der Waals surface area contributed by atoms with Gasteiger partial charge in [0.25, 0.3) is 0 Å². The first-order valence-electron chi connectivity index (χ1n) is 8.84. The molecule has 0 aliphatic heterocycles. The van der Waals surface area contributed by atoms with E-state index < -0.39 is 0 Å². The number of benzene rings is 1. The number of ether oxygens (including phenoxy) is 3. The monoisotopic (exact) mass is 447 g/mol. The number of halogens is 1. The molecule has 2 aromatic carbocycles. The van der Waals surface area contributed by atoms with Crippen molar-refractivity contribution in [3.63, 3.8) is 0 Å². The molecule has 1 aliphatic carbocycles. The average molecular weight is 448 g/mol. The second-order valence-electron chi connectivity index (χ2n) is 6.53. The van der Waals surface area contributed by atoms with E-state index in [9.17, 15) is 9.59 Å². The predicted molar refractivity (Wildman–Crippen MR) is 110 cm³/mol. The van der Waals surface area contributed by atoms with E-state index in [4.69, 9.17) is 14.2 Å². The fraction of sp³-hybridized carbons (Fsp3) is 0.333. The van der Waals surface area contributed by atoms with Crippen LogP contribution in [0.15, 0.2) is 33.5 Å². The van der Waals surface area contributed by atoms with Crippen LogP contribution in [0.2, 0.25) is 0 Å². The smallest absolute Gasteiger partial charge is 0.217 e. The summed E-state index contributed by atoms with van der Waals surface area (Å²) in [6, 6.07) is 6.79. The normalized spacial score (nSPS) is 15.0. The topological polar surface area (TPSA) is 73.9 Å². The van der Waals surface area contributed by atoms with Crippen LogP contribution in [0, 0.1) is 0 Å². The molecule has 28 heavy (non-hydrogen) atoms. The predicted octanol–water partition coefficient (Wildman–Crippen LogP) is 3.63. The molecule has 3 rings (SSSR count). The summed E-state index contributed by atoms with van der Waals surface area (Å²) < 4.78 is 17.2. The van der Waals surface area contributed by atoms with Gasteiger partial charge in [-0.3, -0.25) is 9.59 Å². The van der Waals surface area contributed by atoms with Crippen molar-refractivity contribution in [3.05, 3.63) is 50.1 Å². The van der Waals surface area contributed by atoms with Gasteiger partial charge in [-0.25, -0.2) is 0 Å². The number of rotatable bonds is 4. The van der Waals surface area contributed by atoms with Crippen LogP contribution in [0.1, 0.15) is 30.5 Å². The van der Waals surface area contributed by atoms with E-state index in [1.54, 1.807) is 33.5 Å². The molecule has 1 atom stereocenters. The Hall–Kier alpha value is -2.54. The maximum Gasteiger partial charge on any atom is 0.217 e. The van der Waals surface area contributed by atoms with Crippen molar-refractivity contribution >= 4 is 21.8 Å². The van der Waals surface area contributed by atoms with Gasteiger partial charge >= 0.3 is 0 Å². The van der Waals surface area contributed by atoms with Crippen molar-refractivity contribution < 1.29 is 19.0 Å². The van der Waals surface area contributed by atoms with Gasteiger partial charge < -0.3 is 19.5 Å². The maximum atomic E-state index is 12.5. The summed E-state index contributed by atoms with van der Waals surface area (Å²) >= 11 is 3.31. The lowest BCUT2D eigenvalue weighted by atomic mass is 9.95. The summed E-state index contributed by atoms with van der Waals surface area (Å²) in [7, 11) is 4.71. The van der Waals surface area contributed by atoms with Crippen LogP contribution in [0.4, 0.5) is 0 Å². The van der Waals surface area contributed by atoms with Crippen LogP contribution >= 0.6 is 15.9 Å².